The molecular weight excluding hydrogens is 677 g/mol. The lowest BCUT2D eigenvalue weighted by Gasteiger charge is -2.39. The van der Waals surface area contributed by atoms with Crippen molar-refractivity contribution in [1.29, 1.82) is 0 Å². The van der Waals surface area contributed by atoms with Crippen LogP contribution in [0.3, 0.4) is 0 Å². The number of nitrogens with zero attached hydrogens (tertiary/aromatic N) is 7. The number of halogens is 2. The number of hydrogen-bond donors (Lipinski definition) is 0. The summed E-state index contributed by atoms with van der Waals surface area (Å²) >= 11 is 0.753. The molecule has 0 spiro atoms. The Hall–Kier alpha value is -2.53. The number of aromatic nitrogens is 4. The van der Waals surface area contributed by atoms with Crippen LogP contribution >= 0.6 is 11.3 Å². The van der Waals surface area contributed by atoms with E-state index in [0.29, 0.717) is 38.3 Å². The molecule has 1 aromatic carbocycles. The zero-order valence-corrected chi connectivity index (χ0v) is 30.8. The highest BCUT2D eigenvalue weighted by Gasteiger charge is 2.50. The quantitative estimate of drug-likeness (QED) is 0.120. The van der Waals surface area contributed by atoms with Gasteiger partial charge >= 0.3 is 0 Å². The molecule has 3 heterocycles. The predicted octanol–water partition coefficient (Wildman–Crippen LogP) is 6.00. The Labute approximate surface area is 285 Å². The molecule has 11 nitrogen and oxygen atoms in total. The van der Waals surface area contributed by atoms with Crippen LogP contribution in [0.25, 0.3) is 16.0 Å². The van der Waals surface area contributed by atoms with Crippen LogP contribution in [0.1, 0.15) is 74.9 Å². The molecule has 16 heteroatoms. The number of hydrogen-bond acceptors (Lipinski definition) is 9. The Bertz CT molecular complexity index is 1790. The second-order valence-corrected chi connectivity index (χ2v) is 23.7. The molecule has 3 aliphatic carbocycles. The van der Waals surface area contributed by atoms with E-state index in [1.165, 1.54) is 8.99 Å². The van der Waals surface area contributed by atoms with Gasteiger partial charge in [0.2, 0.25) is 21.1 Å². The largest absolute Gasteiger partial charge is 0.367 e. The minimum Gasteiger partial charge on any atom is -0.367 e. The van der Waals surface area contributed by atoms with Gasteiger partial charge < -0.3 is 14.5 Å². The topological polar surface area (TPSA) is 114 Å². The Balaban J connectivity index is 1.30. The van der Waals surface area contributed by atoms with Gasteiger partial charge in [0, 0.05) is 69.3 Å². The van der Waals surface area contributed by atoms with Gasteiger partial charge in [0.1, 0.15) is 6.73 Å². The minimum atomic E-state index is -4.06. The van der Waals surface area contributed by atoms with E-state index in [9.17, 15) is 22.0 Å². The highest BCUT2D eigenvalue weighted by molar-refractivity contribution is 7.89. The number of amides is 1. The first-order valence-corrected chi connectivity index (χ1v) is 23.0. The molecular formula is C32H45F2N7O4S2Si. The summed E-state index contributed by atoms with van der Waals surface area (Å²) in [4.78, 5) is 17.2. The molecule has 0 unspecified atom stereocenters. The van der Waals surface area contributed by atoms with Gasteiger partial charge in [-0.2, -0.15) is 9.40 Å². The number of piperazine rings is 1. The molecule has 3 aromatic rings. The summed E-state index contributed by atoms with van der Waals surface area (Å²) in [5.41, 5.74) is 1.49. The number of fused-ring (bicyclic) bond motifs is 1. The molecule has 0 atom stereocenters. The van der Waals surface area contributed by atoms with Gasteiger partial charge in [0.25, 0.3) is 6.43 Å². The average Bonchev–Trinajstić information content (AvgIpc) is 3.90. The fourth-order valence-corrected chi connectivity index (χ4v) is 9.67. The van der Waals surface area contributed by atoms with E-state index in [1.54, 1.807) is 12.1 Å². The van der Waals surface area contributed by atoms with Crippen molar-refractivity contribution in [2.24, 2.45) is 5.92 Å². The molecule has 262 valence electrons. The SMILES string of the molecule is CC1(N(COCC[Si](C)(C)C)S(=O)(=O)c2cc(N3CCN(C(=O)C4CCC4)CC3)c3c(C4CC4)nn(-c4nnc(C(F)F)s4)c3c2)CC1. The number of sulfonamides is 1. The summed E-state index contributed by atoms with van der Waals surface area (Å²) in [6, 6.07) is 4.30. The zero-order chi connectivity index (χ0) is 34.0. The van der Waals surface area contributed by atoms with Crippen LogP contribution in [-0.2, 0) is 19.6 Å². The number of ether oxygens (including phenoxy) is 1. The van der Waals surface area contributed by atoms with Crippen molar-refractivity contribution in [1.82, 2.24) is 29.2 Å². The second kappa shape index (κ2) is 12.7. The van der Waals surface area contributed by atoms with E-state index in [-0.39, 0.29) is 34.5 Å². The van der Waals surface area contributed by atoms with Crippen molar-refractivity contribution < 1.29 is 26.7 Å². The van der Waals surface area contributed by atoms with E-state index < -0.39 is 35.1 Å². The maximum Gasteiger partial charge on any atom is 0.291 e. The smallest absolute Gasteiger partial charge is 0.291 e. The average molecular weight is 722 g/mol. The zero-order valence-electron chi connectivity index (χ0n) is 28.1. The number of alkyl halides is 2. The molecule has 1 aliphatic heterocycles. The van der Waals surface area contributed by atoms with Crippen molar-refractivity contribution in [3.05, 3.63) is 22.8 Å². The van der Waals surface area contributed by atoms with Gasteiger partial charge in [-0.1, -0.05) is 37.4 Å². The summed E-state index contributed by atoms with van der Waals surface area (Å²) < 4.78 is 65.6. The van der Waals surface area contributed by atoms with Crippen LogP contribution in [0.2, 0.25) is 25.7 Å². The molecule has 0 radical (unpaired) electrons. The lowest BCUT2D eigenvalue weighted by atomic mass is 9.84. The number of benzene rings is 1. The number of carbonyl (C=O) groups is 1. The van der Waals surface area contributed by atoms with E-state index >= 15 is 0 Å². The maximum absolute atomic E-state index is 14.7. The molecule has 2 aromatic heterocycles. The number of anilines is 1. The van der Waals surface area contributed by atoms with Gasteiger partial charge in [0.15, 0.2) is 5.01 Å². The third-order valence-electron chi connectivity index (χ3n) is 10.3. The second-order valence-electron chi connectivity index (χ2n) is 15.3. The monoisotopic (exact) mass is 721 g/mol. The fourth-order valence-electron chi connectivity index (χ4n) is 6.49. The van der Waals surface area contributed by atoms with Gasteiger partial charge in [-0.15, -0.1) is 10.2 Å². The summed E-state index contributed by atoms with van der Waals surface area (Å²) in [6.07, 6.45) is 3.56. The molecule has 1 saturated heterocycles. The third kappa shape index (κ3) is 6.66. The van der Waals surface area contributed by atoms with Crippen molar-refractivity contribution in [2.75, 3.05) is 44.4 Å². The minimum absolute atomic E-state index is 0.0423. The van der Waals surface area contributed by atoms with Crippen LogP contribution in [0, 0.1) is 5.92 Å². The Morgan fingerprint density at radius 1 is 1.10 bits per heavy atom. The van der Waals surface area contributed by atoms with Crippen molar-refractivity contribution in [3.8, 4) is 5.13 Å². The summed E-state index contributed by atoms with van der Waals surface area (Å²) in [6.45, 7) is 11.4. The maximum atomic E-state index is 14.7. The first kappa shape index (κ1) is 33.9. The van der Waals surface area contributed by atoms with E-state index in [4.69, 9.17) is 9.84 Å². The highest BCUT2D eigenvalue weighted by Crippen LogP contribution is 2.48. The molecule has 0 bridgehead atoms. The predicted molar refractivity (Wildman–Crippen MR) is 183 cm³/mol. The van der Waals surface area contributed by atoms with E-state index in [1.807, 2.05) is 11.8 Å². The Morgan fingerprint density at radius 3 is 2.38 bits per heavy atom. The summed E-state index contributed by atoms with van der Waals surface area (Å²) in [5, 5.41) is 13.2. The van der Waals surface area contributed by atoms with Gasteiger partial charge in [-0.3, -0.25) is 4.79 Å². The third-order valence-corrected chi connectivity index (χ3v) is 14.8. The van der Waals surface area contributed by atoms with Crippen LogP contribution in [-0.4, -0.2) is 96.6 Å². The molecule has 48 heavy (non-hydrogen) atoms. The fraction of sp³-hybridized carbons (Fsp3) is 0.688. The van der Waals surface area contributed by atoms with Crippen LogP contribution < -0.4 is 4.90 Å². The van der Waals surface area contributed by atoms with Crippen LogP contribution in [0.5, 0.6) is 0 Å². The normalized spacial score (nSPS) is 20.2. The molecule has 4 fully saturated rings. The molecule has 4 aliphatic rings. The van der Waals surface area contributed by atoms with Gasteiger partial charge in [-0.25, -0.2) is 21.9 Å². The highest BCUT2D eigenvalue weighted by atomic mass is 32.2. The number of rotatable bonds is 13. The molecule has 3 saturated carbocycles. The van der Waals surface area contributed by atoms with Gasteiger partial charge in [0.05, 0.1) is 16.1 Å². The standard InChI is InChI=1S/C32H45F2N7O4S2Si/c1-32(10-11-32)40(20-45-16-17-48(2,3)4)47(43,44)23-18-24(38-12-14-39(15-13-38)30(42)22-6-5-7-22)26-25(19-23)41(37-27(26)21-8-9-21)31-36-35-29(46-31)28(33)34/h18-19,21-22,28H,5-17,20H2,1-4H3. The Morgan fingerprint density at radius 2 is 1.81 bits per heavy atom. The van der Waals surface area contributed by atoms with Crippen molar-refractivity contribution in [2.45, 2.75) is 100 Å². The molecule has 7 rings (SSSR count). The number of carbonyl (C=O) groups excluding carboxylic acids is 1. The lowest BCUT2D eigenvalue weighted by Crippen LogP contribution is -2.51. The van der Waals surface area contributed by atoms with Gasteiger partial charge in [-0.05, 0) is 63.6 Å². The van der Waals surface area contributed by atoms with Crippen LogP contribution in [0.4, 0.5) is 14.5 Å². The molecule has 0 N–H and O–H groups in total. The van der Waals surface area contributed by atoms with E-state index in [0.717, 1.165) is 79.1 Å². The first-order chi connectivity index (χ1) is 22.7. The van der Waals surface area contributed by atoms with E-state index in [2.05, 4.69) is 34.7 Å². The van der Waals surface area contributed by atoms with Crippen LogP contribution in [0.15, 0.2) is 17.0 Å². The first-order valence-electron chi connectivity index (χ1n) is 17.1. The molecule has 1 amide bonds. The Kier molecular flexibility index (Phi) is 8.95. The van der Waals surface area contributed by atoms with Crippen molar-refractivity contribution >= 4 is 51.9 Å². The van der Waals surface area contributed by atoms with Crippen molar-refractivity contribution in [3.63, 3.8) is 0 Å². The summed E-state index contributed by atoms with van der Waals surface area (Å²) in [5.74, 6) is 0.507. The summed E-state index contributed by atoms with van der Waals surface area (Å²) in [7, 11) is -5.44. The lowest BCUT2D eigenvalue weighted by molar-refractivity contribution is -0.138.